The maximum absolute atomic E-state index is 11.6. The molecule has 0 aliphatic rings. The Morgan fingerprint density at radius 1 is 1.47 bits per heavy atom. The predicted octanol–water partition coefficient (Wildman–Crippen LogP) is 2.00. The summed E-state index contributed by atoms with van der Waals surface area (Å²) in [6.45, 7) is 3.53. The van der Waals surface area contributed by atoms with Gasteiger partial charge in [0, 0.05) is 0 Å². The Hall–Kier alpha value is -1.55. The van der Waals surface area contributed by atoms with Crippen LogP contribution in [0.15, 0.2) is 24.3 Å². The van der Waals surface area contributed by atoms with Crippen molar-refractivity contribution in [1.29, 1.82) is 0 Å². The average molecular weight is 252 g/mol. The van der Waals surface area contributed by atoms with Crippen LogP contribution in [0.1, 0.15) is 19.7 Å². The van der Waals surface area contributed by atoms with Crippen molar-refractivity contribution < 1.29 is 4.79 Å². The summed E-state index contributed by atoms with van der Waals surface area (Å²) in [5.74, 6) is 0.481. The molecule has 0 radical (unpaired) electrons. The number of para-hydroxylation sites is 2. The number of hydrogen-bond donors (Lipinski definition) is 1. The SMILES string of the molecule is CC(C)(C(N)=O)n1c(CCl)nc2ccccc21. The lowest BCUT2D eigenvalue weighted by atomic mass is 10.0. The number of rotatable bonds is 3. The van der Waals surface area contributed by atoms with Crippen molar-refractivity contribution in [2.75, 3.05) is 0 Å². The highest BCUT2D eigenvalue weighted by molar-refractivity contribution is 6.17. The van der Waals surface area contributed by atoms with Crippen LogP contribution in [0.5, 0.6) is 0 Å². The molecule has 0 atom stereocenters. The van der Waals surface area contributed by atoms with E-state index in [1.54, 1.807) is 18.4 Å². The van der Waals surface area contributed by atoms with Crippen molar-refractivity contribution in [3.8, 4) is 0 Å². The molecular formula is C12H14ClN3O. The molecule has 0 saturated heterocycles. The Morgan fingerprint density at radius 3 is 2.71 bits per heavy atom. The molecule has 17 heavy (non-hydrogen) atoms. The maximum Gasteiger partial charge on any atom is 0.243 e. The molecule has 0 saturated carbocycles. The van der Waals surface area contributed by atoms with Crippen LogP contribution in [0.2, 0.25) is 0 Å². The number of nitrogens with two attached hydrogens (primary N) is 1. The summed E-state index contributed by atoms with van der Waals surface area (Å²) in [7, 11) is 0. The molecule has 0 aliphatic heterocycles. The average Bonchev–Trinajstić information content (AvgIpc) is 2.67. The standard InChI is InChI=1S/C12H14ClN3O/c1-12(2,11(14)17)16-9-6-4-3-5-8(9)15-10(16)7-13/h3-6H,7H2,1-2H3,(H2,14,17). The van der Waals surface area contributed by atoms with Crippen molar-refractivity contribution >= 4 is 28.5 Å². The number of imidazole rings is 1. The summed E-state index contributed by atoms with van der Waals surface area (Å²) < 4.78 is 1.80. The topological polar surface area (TPSA) is 60.9 Å². The number of nitrogens with zero attached hydrogens (tertiary/aromatic N) is 2. The fourth-order valence-electron chi connectivity index (χ4n) is 1.90. The zero-order valence-corrected chi connectivity index (χ0v) is 10.5. The predicted molar refractivity (Wildman–Crippen MR) is 67.8 cm³/mol. The molecule has 1 amide bonds. The second kappa shape index (κ2) is 4.04. The number of fused-ring (bicyclic) bond motifs is 1. The van der Waals surface area contributed by atoms with E-state index in [-0.39, 0.29) is 5.88 Å². The van der Waals surface area contributed by atoms with Crippen LogP contribution in [-0.2, 0) is 16.2 Å². The number of carbonyl (C=O) groups excluding carboxylic acids is 1. The highest BCUT2D eigenvalue weighted by Gasteiger charge is 2.31. The molecule has 2 aromatic rings. The van der Waals surface area contributed by atoms with E-state index < -0.39 is 11.4 Å². The lowest BCUT2D eigenvalue weighted by Crippen LogP contribution is -2.41. The largest absolute Gasteiger partial charge is 0.368 e. The highest BCUT2D eigenvalue weighted by atomic mass is 35.5. The molecule has 90 valence electrons. The van der Waals surface area contributed by atoms with Gasteiger partial charge in [0.25, 0.3) is 0 Å². The summed E-state index contributed by atoms with van der Waals surface area (Å²) >= 11 is 5.88. The smallest absolute Gasteiger partial charge is 0.243 e. The highest BCUT2D eigenvalue weighted by Crippen LogP contribution is 2.26. The van der Waals surface area contributed by atoms with Crippen LogP contribution in [0.25, 0.3) is 11.0 Å². The molecule has 1 aromatic carbocycles. The van der Waals surface area contributed by atoms with Gasteiger partial charge < -0.3 is 10.3 Å². The van der Waals surface area contributed by atoms with Crippen LogP contribution >= 0.6 is 11.6 Å². The van der Waals surface area contributed by atoms with Gasteiger partial charge in [-0.25, -0.2) is 4.98 Å². The van der Waals surface area contributed by atoms with Crippen LogP contribution < -0.4 is 5.73 Å². The summed E-state index contributed by atoms with van der Waals surface area (Å²) in [6, 6.07) is 7.59. The normalized spacial score (nSPS) is 11.9. The molecule has 0 bridgehead atoms. The Bertz CT molecular complexity index is 574. The molecule has 4 nitrogen and oxygen atoms in total. The third-order valence-corrected chi connectivity index (χ3v) is 3.15. The van der Waals surface area contributed by atoms with E-state index in [4.69, 9.17) is 17.3 Å². The van der Waals surface area contributed by atoms with E-state index in [0.717, 1.165) is 11.0 Å². The number of aromatic nitrogens is 2. The molecule has 1 heterocycles. The number of hydrogen-bond acceptors (Lipinski definition) is 2. The van der Waals surface area contributed by atoms with Crippen LogP contribution in [0, 0.1) is 0 Å². The minimum atomic E-state index is -0.847. The number of halogens is 1. The Balaban J connectivity index is 2.78. The Labute approximate surface area is 104 Å². The van der Waals surface area contributed by atoms with Gasteiger partial charge in [-0.05, 0) is 26.0 Å². The number of carbonyl (C=O) groups is 1. The molecule has 2 rings (SSSR count). The summed E-state index contributed by atoms with van der Waals surface area (Å²) in [5.41, 5.74) is 6.28. The second-order valence-corrected chi connectivity index (χ2v) is 4.68. The van der Waals surface area contributed by atoms with E-state index in [1.807, 2.05) is 24.3 Å². The van der Waals surface area contributed by atoms with Gasteiger partial charge in [0.1, 0.15) is 11.4 Å². The molecule has 1 aromatic heterocycles. The van der Waals surface area contributed by atoms with Crippen molar-refractivity contribution in [3.05, 3.63) is 30.1 Å². The third-order valence-electron chi connectivity index (χ3n) is 2.91. The van der Waals surface area contributed by atoms with Crippen molar-refractivity contribution in [1.82, 2.24) is 9.55 Å². The molecule has 5 heteroatoms. The number of primary amides is 1. The molecular weight excluding hydrogens is 238 g/mol. The second-order valence-electron chi connectivity index (χ2n) is 4.41. The first-order chi connectivity index (χ1) is 7.98. The van der Waals surface area contributed by atoms with E-state index in [2.05, 4.69) is 4.98 Å². The van der Waals surface area contributed by atoms with Crippen LogP contribution in [0.3, 0.4) is 0 Å². The third kappa shape index (κ3) is 1.78. The molecule has 0 fully saturated rings. The number of alkyl halides is 1. The van der Waals surface area contributed by atoms with E-state index in [9.17, 15) is 4.79 Å². The van der Waals surface area contributed by atoms with Crippen LogP contribution in [-0.4, -0.2) is 15.5 Å². The van der Waals surface area contributed by atoms with Gasteiger partial charge in [0.2, 0.25) is 5.91 Å². The monoisotopic (exact) mass is 251 g/mol. The van der Waals surface area contributed by atoms with Gasteiger partial charge in [0.05, 0.1) is 16.9 Å². The maximum atomic E-state index is 11.6. The van der Waals surface area contributed by atoms with Gasteiger partial charge in [-0.15, -0.1) is 11.6 Å². The quantitative estimate of drug-likeness (QED) is 0.848. The Morgan fingerprint density at radius 2 is 2.12 bits per heavy atom. The van der Waals surface area contributed by atoms with Crippen LogP contribution in [0.4, 0.5) is 0 Å². The first-order valence-corrected chi connectivity index (χ1v) is 5.84. The van der Waals surface area contributed by atoms with Gasteiger partial charge in [0.15, 0.2) is 0 Å². The lowest BCUT2D eigenvalue weighted by Gasteiger charge is -2.25. The van der Waals surface area contributed by atoms with E-state index >= 15 is 0 Å². The van der Waals surface area contributed by atoms with Gasteiger partial charge >= 0.3 is 0 Å². The summed E-state index contributed by atoms with van der Waals surface area (Å²) in [6.07, 6.45) is 0. The van der Waals surface area contributed by atoms with Crippen molar-refractivity contribution in [2.24, 2.45) is 5.73 Å². The fourth-order valence-corrected chi connectivity index (χ4v) is 2.08. The van der Waals surface area contributed by atoms with Crippen molar-refractivity contribution in [3.63, 3.8) is 0 Å². The number of amides is 1. The van der Waals surface area contributed by atoms with E-state index in [0.29, 0.717) is 5.82 Å². The summed E-state index contributed by atoms with van der Waals surface area (Å²) in [5, 5.41) is 0. The van der Waals surface area contributed by atoms with Gasteiger partial charge in [-0.2, -0.15) is 0 Å². The lowest BCUT2D eigenvalue weighted by molar-refractivity contribution is -0.125. The Kier molecular flexibility index (Phi) is 2.83. The summed E-state index contributed by atoms with van der Waals surface area (Å²) in [4.78, 5) is 16.0. The first kappa shape index (κ1) is 11.9. The van der Waals surface area contributed by atoms with E-state index in [1.165, 1.54) is 0 Å². The zero-order valence-electron chi connectivity index (χ0n) is 9.77. The molecule has 0 aliphatic carbocycles. The van der Waals surface area contributed by atoms with Gasteiger partial charge in [-0.1, -0.05) is 12.1 Å². The first-order valence-electron chi connectivity index (χ1n) is 5.31. The number of benzene rings is 1. The molecule has 0 spiro atoms. The molecule has 0 unspecified atom stereocenters. The minimum Gasteiger partial charge on any atom is -0.368 e. The minimum absolute atomic E-state index is 0.241. The fraction of sp³-hybridized carbons (Fsp3) is 0.333. The van der Waals surface area contributed by atoms with Gasteiger partial charge in [-0.3, -0.25) is 4.79 Å². The van der Waals surface area contributed by atoms with Crippen molar-refractivity contribution in [2.45, 2.75) is 25.3 Å². The zero-order chi connectivity index (χ0) is 12.6. The molecule has 2 N–H and O–H groups in total.